The third-order valence-corrected chi connectivity index (χ3v) is 4.47. The lowest BCUT2D eigenvalue weighted by Gasteiger charge is -2.24. The van der Waals surface area contributed by atoms with Crippen LogP contribution < -0.4 is 10.6 Å². The van der Waals surface area contributed by atoms with E-state index in [1.54, 1.807) is 0 Å². The first kappa shape index (κ1) is 10.1. The molecule has 1 saturated heterocycles. The zero-order valence-electron chi connectivity index (χ0n) is 9.67. The predicted octanol–water partition coefficient (Wildman–Crippen LogP) is 1.91. The van der Waals surface area contributed by atoms with Crippen LogP contribution in [0.1, 0.15) is 44.9 Å². The van der Waals surface area contributed by atoms with E-state index in [9.17, 15) is 0 Å². The molecule has 86 valence electrons. The summed E-state index contributed by atoms with van der Waals surface area (Å²) in [6.45, 7) is 2.48. The lowest BCUT2D eigenvalue weighted by atomic mass is 9.85. The Morgan fingerprint density at radius 1 is 1.00 bits per heavy atom. The summed E-state index contributed by atoms with van der Waals surface area (Å²) in [7, 11) is 0. The van der Waals surface area contributed by atoms with Gasteiger partial charge in [-0.1, -0.05) is 12.8 Å². The molecule has 3 unspecified atom stereocenters. The zero-order chi connectivity index (χ0) is 10.1. The normalized spacial score (nSPS) is 40.4. The number of hydrogen-bond donors (Lipinski definition) is 2. The number of rotatable bonds is 4. The number of nitrogens with one attached hydrogen (secondary N) is 2. The Morgan fingerprint density at radius 2 is 1.87 bits per heavy atom. The maximum atomic E-state index is 3.82. The molecule has 0 aromatic heterocycles. The SMILES string of the molecule is C1CCC2NC(CNCC3CC3)CC2C1. The lowest BCUT2D eigenvalue weighted by molar-refractivity contribution is 0.325. The van der Waals surface area contributed by atoms with Gasteiger partial charge in [-0.05, 0) is 50.5 Å². The molecule has 0 amide bonds. The maximum absolute atomic E-state index is 3.82. The summed E-state index contributed by atoms with van der Waals surface area (Å²) in [5.74, 6) is 2.03. The van der Waals surface area contributed by atoms with Crippen LogP contribution in [0.2, 0.25) is 0 Å². The summed E-state index contributed by atoms with van der Waals surface area (Å²) in [4.78, 5) is 0. The Hall–Kier alpha value is -0.0800. The second kappa shape index (κ2) is 4.42. The molecule has 0 bridgehead atoms. The van der Waals surface area contributed by atoms with Crippen LogP contribution in [-0.2, 0) is 0 Å². The van der Waals surface area contributed by atoms with Crippen LogP contribution in [0.15, 0.2) is 0 Å². The Kier molecular flexibility index (Phi) is 2.98. The van der Waals surface area contributed by atoms with Gasteiger partial charge in [0.2, 0.25) is 0 Å². The van der Waals surface area contributed by atoms with Crippen molar-refractivity contribution in [3.63, 3.8) is 0 Å². The Labute approximate surface area is 93.2 Å². The standard InChI is InChI=1S/C13H24N2/c1-2-4-13-11(3-1)7-12(15-13)9-14-8-10-5-6-10/h10-15H,1-9H2. The second-order valence-corrected chi connectivity index (χ2v) is 5.85. The molecule has 3 atom stereocenters. The Bertz CT molecular complexity index is 199. The average molecular weight is 208 g/mol. The third kappa shape index (κ3) is 2.54. The van der Waals surface area contributed by atoms with Gasteiger partial charge < -0.3 is 10.6 Å². The summed E-state index contributed by atoms with van der Waals surface area (Å²) in [6.07, 6.45) is 10.2. The van der Waals surface area contributed by atoms with E-state index in [0.29, 0.717) is 0 Å². The summed E-state index contributed by atoms with van der Waals surface area (Å²) >= 11 is 0. The molecule has 2 saturated carbocycles. The Morgan fingerprint density at radius 3 is 2.67 bits per heavy atom. The fourth-order valence-electron chi connectivity index (χ4n) is 3.37. The topological polar surface area (TPSA) is 24.1 Å². The highest BCUT2D eigenvalue weighted by Crippen LogP contribution is 2.33. The molecule has 0 spiro atoms. The second-order valence-electron chi connectivity index (χ2n) is 5.85. The molecule has 2 aliphatic carbocycles. The van der Waals surface area contributed by atoms with Crippen molar-refractivity contribution < 1.29 is 0 Å². The highest BCUT2D eigenvalue weighted by atomic mass is 15.0. The lowest BCUT2D eigenvalue weighted by Crippen LogP contribution is -2.38. The number of fused-ring (bicyclic) bond motifs is 1. The van der Waals surface area contributed by atoms with Gasteiger partial charge in [-0.15, -0.1) is 0 Å². The Balaban J connectivity index is 1.39. The van der Waals surface area contributed by atoms with Crippen molar-refractivity contribution in [2.24, 2.45) is 11.8 Å². The van der Waals surface area contributed by atoms with Crippen molar-refractivity contribution >= 4 is 0 Å². The minimum Gasteiger partial charge on any atom is -0.315 e. The van der Waals surface area contributed by atoms with Gasteiger partial charge in [-0.2, -0.15) is 0 Å². The summed E-state index contributed by atoms with van der Waals surface area (Å²) < 4.78 is 0. The van der Waals surface area contributed by atoms with E-state index in [0.717, 1.165) is 23.9 Å². The molecule has 1 heterocycles. The van der Waals surface area contributed by atoms with Gasteiger partial charge in [0, 0.05) is 18.6 Å². The largest absolute Gasteiger partial charge is 0.315 e. The molecule has 1 aliphatic heterocycles. The maximum Gasteiger partial charge on any atom is 0.0198 e. The van der Waals surface area contributed by atoms with E-state index >= 15 is 0 Å². The van der Waals surface area contributed by atoms with Gasteiger partial charge in [0.25, 0.3) is 0 Å². The fourth-order valence-corrected chi connectivity index (χ4v) is 3.37. The van der Waals surface area contributed by atoms with Crippen molar-refractivity contribution in [1.29, 1.82) is 0 Å². The van der Waals surface area contributed by atoms with E-state index in [4.69, 9.17) is 0 Å². The molecular weight excluding hydrogens is 184 g/mol. The molecule has 3 aliphatic rings. The molecule has 15 heavy (non-hydrogen) atoms. The molecule has 0 aromatic carbocycles. The smallest absolute Gasteiger partial charge is 0.0198 e. The van der Waals surface area contributed by atoms with Gasteiger partial charge in [-0.25, -0.2) is 0 Å². The number of hydrogen-bond acceptors (Lipinski definition) is 2. The van der Waals surface area contributed by atoms with Crippen LogP contribution in [0.3, 0.4) is 0 Å². The summed E-state index contributed by atoms with van der Waals surface area (Å²) in [6, 6.07) is 1.64. The molecular formula is C13H24N2. The minimum atomic E-state index is 0.775. The van der Waals surface area contributed by atoms with Gasteiger partial charge in [-0.3, -0.25) is 0 Å². The molecule has 3 fully saturated rings. The first-order chi connectivity index (χ1) is 7.42. The van der Waals surface area contributed by atoms with Gasteiger partial charge in [0.1, 0.15) is 0 Å². The molecule has 3 rings (SSSR count). The third-order valence-electron chi connectivity index (χ3n) is 4.47. The van der Waals surface area contributed by atoms with Crippen molar-refractivity contribution in [2.45, 2.75) is 57.0 Å². The van der Waals surface area contributed by atoms with E-state index in [1.807, 2.05) is 0 Å². The molecule has 0 radical (unpaired) electrons. The van der Waals surface area contributed by atoms with E-state index < -0.39 is 0 Å². The van der Waals surface area contributed by atoms with Crippen LogP contribution in [0.5, 0.6) is 0 Å². The monoisotopic (exact) mass is 208 g/mol. The van der Waals surface area contributed by atoms with E-state index in [-0.39, 0.29) is 0 Å². The molecule has 2 N–H and O–H groups in total. The molecule has 0 aromatic rings. The van der Waals surface area contributed by atoms with Crippen LogP contribution in [0.4, 0.5) is 0 Å². The molecule has 2 heteroatoms. The van der Waals surface area contributed by atoms with E-state index in [2.05, 4.69) is 10.6 Å². The van der Waals surface area contributed by atoms with E-state index in [1.165, 1.54) is 58.0 Å². The highest BCUT2D eigenvalue weighted by Gasteiger charge is 2.34. The van der Waals surface area contributed by atoms with Gasteiger partial charge >= 0.3 is 0 Å². The van der Waals surface area contributed by atoms with Crippen molar-refractivity contribution in [3.8, 4) is 0 Å². The fraction of sp³-hybridized carbons (Fsp3) is 1.00. The summed E-state index contributed by atoms with van der Waals surface area (Å²) in [5.41, 5.74) is 0. The minimum absolute atomic E-state index is 0.775. The summed E-state index contributed by atoms with van der Waals surface area (Å²) in [5, 5.41) is 7.46. The quantitative estimate of drug-likeness (QED) is 0.737. The highest BCUT2D eigenvalue weighted by molar-refractivity contribution is 4.93. The van der Waals surface area contributed by atoms with Crippen LogP contribution in [0.25, 0.3) is 0 Å². The first-order valence-corrected chi connectivity index (χ1v) is 6.88. The first-order valence-electron chi connectivity index (χ1n) is 6.88. The van der Waals surface area contributed by atoms with Crippen molar-refractivity contribution in [1.82, 2.24) is 10.6 Å². The molecule has 2 nitrogen and oxygen atoms in total. The van der Waals surface area contributed by atoms with Crippen LogP contribution >= 0.6 is 0 Å². The van der Waals surface area contributed by atoms with Crippen LogP contribution in [-0.4, -0.2) is 25.2 Å². The van der Waals surface area contributed by atoms with Crippen molar-refractivity contribution in [2.75, 3.05) is 13.1 Å². The van der Waals surface area contributed by atoms with Gasteiger partial charge in [0.15, 0.2) is 0 Å². The predicted molar refractivity (Wildman–Crippen MR) is 62.9 cm³/mol. The van der Waals surface area contributed by atoms with Crippen LogP contribution in [0, 0.1) is 11.8 Å². The van der Waals surface area contributed by atoms with Crippen molar-refractivity contribution in [3.05, 3.63) is 0 Å². The zero-order valence-corrected chi connectivity index (χ0v) is 9.67. The van der Waals surface area contributed by atoms with Gasteiger partial charge in [0.05, 0.1) is 0 Å². The average Bonchev–Trinajstić information content (AvgIpc) is 2.97.